The highest BCUT2D eigenvalue weighted by Gasteiger charge is 2.20. The van der Waals surface area contributed by atoms with Crippen LogP contribution in [0.3, 0.4) is 0 Å². The molecule has 0 aromatic rings. The molecule has 0 aliphatic carbocycles. The number of aliphatic carboxylic acids is 1. The summed E-state index contributed by atoms with van der Waals surface area (Å²) in [4.78, 5) is 26.3. The number of nitrogens with zero attached hydrogens (tertiary/aromatic N) is 2. The molecule has 1 aliphatic rings. The maximum Gasteiger partial charge on any atom is 0.317 e. The largest absolute Gasteiger partial charge is 0.481 e. The molecule has 3 N–H and O–H groups in total. The van der Waals surface area contributed by atoms with Gasteiger partial charge in [0.25, 0.3) is 0 Å². The number of amides is 2. The van der Waals surface area contributed by atoms with Gasteiger partial charge >= 0.3 is 12.0 Å². The van der Waals surface area contributed by atoms with Crippen LogP contribution in [0.5, 0.6) is 0 Å². The van der Waals surface area contributed by atoms with Crippen molar-refractivity contribution in [2.45, 2.75) is 19.8 Å². The molecule has 0 aromatic carbocycles. The lowest BCUT2D eigenvalue weighted by Gasteiger charge is -2.34. The third kappa shape index (κ3) is 6.72. The molecule has 2 amide bonds. The molecule has 0 unspecified atom stereocenters. The van der Waals surface area contributed by atoms with E-state index >= 15 is 0 Å². The number of hydrogen-bond donors (Lipinski definition) is 3. The van der Waals surface area contributed by atoms with E-state index in [0.717, 1.165) is 32.6 Å². The fourth-order valence-electron chi connectivity index (χ4n) is 2.13. The summed E-state index contributed by atoms with van der Waals surface area (Å²) >= 11 is 0. The quantitative estimate of drug-likeness (QED) is 0.538. The van der Waals surface area contributed by atoms with E-state index in [1.54, 1.807) is 4.90 Å². The van der Waals surface area contributed by atoms with Crippen molar-refractivity contribution in [3.63, 3.8) is 0 Å². The molecular weight excluding hydrogens is 260 g/mol. The van der Waals surface area contributed by atoms with Gasteiger partial charge in [-0.1, -0.05) is 6.92 Å². The molecule has 0 saturated carbocycles. The topological polar surface area (TPSA) is 84.9 Å². The molecule has 20 heavy (non-hydrogen) atoms. The first kappa shape index (κ1) is 16.7. The molecule has 0 aromatic heterocycles. The van der Waals surface area contributed by atoms with E-state index in [1.807, 2.05) is 0 Å². The number of carboxylic acids is 1. The van der Waals surface area contributed by atoms with Crippen LogP contribution in [0.25, 0.3) is 0 Å². The lowest BCUT2D eigenvalue weighted by molar-refractivity contribution is -0.137. The zero-order chi connectivity index (χ0) is 14.8. The fraction of sp³-hybridized carbons (Fsp3) is 0.846. The maximum atomic E-state index is 11.9. The van der Waals surface area contributed by atoms with Gasteiger partial charge < -0.3 is 20.6 Å². The first-order valence-electron chi connectivity index (χ1n) is 7.31. The van der Waals surface area contributed by atoms with E-state index in [2.05, 4.69) is 22.5 Å². The zero-order valence-corrected chi connectivity index (χ0v) is 12.2. The molecule has 7 heteroatoms. The third-order valence-electron chi connectivity index (χ3n) is 3.36. The van der Waals surface area contributed by atoms with E-state index in [4.69, 9.17) is 5.11 Å². The summed E-state index contributed by atoms with van der Waals surface area (Å²) < 4.78 is 0. The maximum absolute atomic E-state index is 11.9. The SMILES string of the molecule is CCNCCCNC(=O)N1CCN(CCC(=O)O)CC1. The van der Waals surface area contributed by atoms with Gasteiger partial charge in [-0.05, 0) is 19.5 Å². The van der Waals surface area contributed by atoms with Crippen molar-refractivity contribution in [2.75, 3.05) is 52.4 Å². The Balaban J connectivity index is 2.11. The molecule has 1 fully saturated rings. The number of urea groups is 1. The van der Waals surface area contributed by atoms with E-state index in [9.17, 15) is 9.59 Å². The predicted octanol–water partition coefficient (Wildman–Crippen LogP) is -0.212. The minimum absolute atomic E-state index is 0.0145. The van der Waals surface area contributed by atoms with Gasteiger partial charge in [0.15, 0.2) is 0 Å². The van der Waals surface area contributed by atoms with Gasteiger partial charge in [-0.25, -0.2) is 4.79 Å². The molecule has 0 bridgehead atoms. The summed E-state index contributed by atoms with van der Waals surface area (Å²) in [5.74, 6) is -0.772. The van der Waals surface area contributed by atoms with Crippen LogP contribution in [0, 0.1) is 0 Å². The highest BCUT2D eigenvalue weighted by molar-refractivity contribution is 5.74. The molecule has 1 heterocycles. The second-order valence-corrected chi connectivity index (χ2v) is 4.91. The standard InChI is InChI=1S/C13H26N4O3/c1-2-14-5-3-6-15-13(20)17-10-8-16(9-11-17)7-4-12(18)19/h14H,2-11H2,1H3,(H,15,20)(H,18,19). The van der Waals surface area contributed by atoms with Crippen LogP contribution in [0.1, 0.15) is 19.8 Å². The van der Waals surface area contributed by atoms with Crippen molar-refractivity contribution in [3.8, 4) is 0 Å². The van der Waals surface area contributed by atoms with Crippen LogP contribution in [0.4, 0.5) is 4.79 Å². The van der Waals surface area contributed by atoms with Gasteiger partial charge in [0.05, 0.1) is 6.42 Å². The molecule has 116 valence electrons. The highest BCUT2D eigenvalue weighted by Crippen LogP contribution is 2.02. The second-order valence-electron chi connectivity index (χ2n) is 4.91. The number of hydrogen-bond acceptors (Lipinski definition) is 4. The van der Waals surface area contributed by atoms with Crippen LogP contribution < -0.4 is 10.6 Å². The van der Waals surface area contributed by atoms with Crippen molar-refractivity contribution < 1.29 is 14.7 Å². The van der Waals surface area contributed by atoms with E-state index < -0.39 is 5.97 Å². The van der Waals surface area contributed by atoms with Gasteiger partial charge in [0.1, 0.15) is 0 Å². The summed E-state index contributed by atoms with van der Waals surface area (Å²) in [6.45, 7) is 8.00. The molecule has 0 radical (unpaired) electrons. The average Bonchev–Trinajstić information content (AvgIpc) is 2.45. The first-order chi connectivity index (χ1) is 9.63. The minimum atomic E-state index is -0.772. The number of piperazine rings is 1. The molecular formula is C13H26N4O3. The monoisotopic (exact) mass is 286 g/mol. The summed E-state index contributed by atoms with van der Waals surface area (Å²) in [6.07, 6.45) is 1.09. The van der Waals surface area contributed by atoms with Gasteiger partial charge in [-0.3, -0.25) is 9.69 Å². The first-order valence-corrected chi connectivity index (χ1v) is 7.31. The molecule has 1 aliphatic heterocycles. The Morgan fingerprint density at radius 1 is 1.15 bits per heavy atom. The smallest absolute Gasteiger partial charge is 0.317 e. The zero-order valence-electron chi connectivity index (χ0n) is 12.2. The summed E-state index contributed by atoms with van der Waals surface area (Å²) in [6, 6.07) is -0.0145. The molecule has 7 nitrogen and oxygen atoms in total. The summed E-state index contributed by atoms with van der Waals surface area (Å²) in [5, 5.41) is 14.8. The minimum Gasteiger partial charge on any atom is -0.481 e. The van der Waals surface area contributed by atoms with E-state index in [0.29, 0.717) is 26.2 Å². The Kier molecular flexibility index (Phi) is 7.98. The van der Waals surface area contributed by atoms with Crippen molar-refractivity contribution in [3.05, 3.63) is 0 Å². The number of carbonyl (C=O) groups is 2. The number of carbonyl (C=O) groups excluding carboxylic acids is 1. The van der Waals surface area contributed by atoms with Crippen LogP contribution in [0.2, 0.25) is 0 Å². The van der Waals surface area contributed by atoms with Gasteiger partial charge in [0, 0.05) is 39.3 Å². The number of nitrogens with one attached hydrogen (secondary N) is 2. The van der Waals surface area contributed by atoms with Crippen LogP contribution >= 0.6 is 0 Å². The summed E-state index contributed by atoms with van der Waals surface area (Å²) in [5.41, 5.74) is 0. The van der Waals surface area contributed by atoms with Crippen molar-refractivity contribution >= 4 is 12.0 Å². The van der Waals surface area contributed by atoms with Gasteiger partial charge in [-0.2, -0.15) is 0 Å². The van der Waals surface area contributed by atoms with Crippen molar-refractivity contribution in [2.24, 2.45) is 0 Å². The third-order valence-corrected chi connectivity index (χ3v) is 3.36. The van der Waals surface area contributed by atoms with Crippen molar-refractivity contribution in [1.29, 1.82) is 0 Å². The Hall–Kier alpha value is -1.34. The molecule has 1 saturated heterocycles. The Morgan fingerprint density at radius 3 is 2.45 bits per heavy atom. The van der Waals surface area contributed by atoms with E-state index in [1.165, 1.54) is 0 Å². The Labute approximate surface area is 120 Å². The molecule has 0 atom stereocenters. The van der Waals surface area contributed by atoms with Crippen LogP contribution in [0.15, 0.2) is 0 Å². The van der Waals surface area contributed by atoms with Gasteiger partial charge in [0.2, 0.25) is 0 Å². The molecule has 1 rings (SSSR count). The van der Waals surface area contributed by atoms with Gasteiger partial charge in [-0.15, -0.1) is 0 Å². The van der Waals surface area contributed by atoms with Crippen LogP contribution in [-0.4, -0.2) is 79.3 Å². The normalized spacial score (nSPS) is 16.1. The molecule has 0 spiro atoms. The van der Waals surface area contributed by atoms with E-state index in [-0.39, 0.29) is 12.5 Å². The van der Waals surface area contributed by atoms with Crippen molar-refractivity contribution in [1.82, 2.24) is 20.4 Å². The van der Waals surface area contributed by atoms with Crippen LogP contribution in [-0.2, 0) is 4.79 Å². The predicted molar refractivity (Wildman–Crippen MR) is 76.8 cm³/mol. The Bertz CT molecular complexity index is 304. The lowest BCUT2D eigenvalue weighted by Crippen LogP contribution is -2.52. The summed E-state index contributed by atoms with van der Waals surface area (Å²) in [7, 11) is 0. The number of carboxylic acid groups (broad SMARTS) is 1. The average molecular weight is 286 g/mol. The number of rotatable bonds is 8. The fourth-order valence-corrected chi connectivity index (χ4v) is 2.13. The highest BCUT2D eigenvalue weighted by atomic mass is 16.4. The Morgan fingerprint density at radius 2 is 1.85 bits per heavy atom. The lowest BCUT2D eigenvalue weighted by atomic mass is 10.3. The second kappa shape index (κ2) is 9.55.